The van der Waals surface area contributed by atoms with Crippen molar-refractivity contribution in [3.8, 4) is 34.0 Å². The van der Waals surface area contributed by atoms with Gasteiger partial charge in [0.15, 0.2) is 5.82 Å². The molecule has 4 heteroatoms. The summed E-state index contributed by atoms with van der Waals surface area (Å²) in [6, 6.07) is 37.0. The Labute approximate surface area is 347 Å². The van der Waals surface area contributed by atoms with Gasteiger partial charge in [-0.15, -0.1) is 0 Å². The van der Waals surface area contributed by atoms with Gasteiger partial charge in [0.2, 0.25) is 0 Å². The van der Waals surface area contributed by atoms with E-state index in [9.17, 15) is 0 Å². The molecule has 0 spiro atoms. The molecule has 0 saturated carbocycles. The predicted molar refractivity (Wildman–Crippen MR) is 248 cm³/mol. The molecule has 4 aromatic carbocycles. The van der Waals surface area contributed by atoms with Crippen LogP contribution in [0.25, 0.3) is 68.0 Å². The Morgan fingerprint density at radius 1 is 0.483 bits per heavy atom. The van der Waals surface area contributed by atoms with E-state index in [1.165, 1.54) is 110 Å². The number of rotatable bonds is 19. The maximum Gasteiger partial charge on any atom is 0.179 e. The normalized spacial score (nSPS) is 11.7. The summed E-state index contributed by atoms with van der Waals surface area (Å²) in [5, 5.41) is 2.13. The highest BCUT2D eigenvalue weighted by molar-refractivity contribution is 6.03. The van der Waals surface area contributed by atoms with Crippen LogP contribution < -0.4 is 0 Å². The molecule has 4 nitrogen and oxygen atoms in total. The lowest BCUT2D eigenvalue weighted by atomic mass is 9.91. The molecule has 3 heterocycles. The molecule has 0 N–H and O–H groups in total. The minimum atomic E-state index is 0.634. The molecule has 0 aliphatic rings. The Bertz CT molecular complexity index is 2440. The van der Waals surface area contributed by atoms with Crippen molar-refractivity contribution in [2.24, 2.45) is 0 Å². The van der Waals surface area contributed by atoms with Crippen LogP contribution in [0.15, 0.2) is 109 Å². The number of nitrogens with zero attached hydrogens (tertiary/aromatic N) is 4. The number of aryl methyl sites for hydroxylation is 4. The van der Waals surface area contributed by atoms with E-state index in [2.05, 4.69) is 137 Å². The first-order valence-electron chi connectivity index (χ1n) is 22.0. The number of fused-ring (bicyclic) bond motifs is 3. The van der Waals surface area contributed by atoms with Crippen molar-refractivity contribution in [1.29, 1.82) is 0 Å². The maximum atomic E-state index is 5.40. The van der Waals surface area contributed by atoms with Crippen LogP contribution in [0.3, 0.4) is 0 Å². The van der Waals surface area contributed by atoms with Crippen LogP contribution in [0.2, 0.25) is 0 Å². The molecule has 296 valence electrons. The fourth-order valence-electron chi connectivity index (χ4n) is 8.05. The number of benzene rings is 4. The van der Waals surface area contributed by atoms with Crippen LogP contribution >= 0.6 is 0 Å². The molecular weight excluding hydrogens is 705 g/mol. The average Bonchev–Trinajstić information content (AvgIpc) is 3.26. The number of hydrogen-bond acceptors (Lipinski definition) is 4. The van der Waals surface area contributed by atoms with E-state index in [0.717, 1.165) is 62.9 Å². The Kier molecular flexibility index (Phi) is 14.2. The van der Waals surface area contributed by atoms with E-state index in [4.69, 9.17) is 19.9 Å². The second kappa shape index (κ2) is 20.3. The zero-order chi connectivity index (χ0) is 40.1. The summed E-state index contributed by atoms with van der Waals surface area (Å²) < 4.78 is 0. The third-order valence-electron chi connectivity index (χ3n) is 11.6. The number of hydrogen-bond donors (Lipinski definition) is 0. The van der Waals surface area contributed by atoms with Crippen LogP contribution in [0.1, 0.15) is 124 Å². The van der Waals surface area contributed by atoms with Gasteiger partial charge in [0.1, 0.15) is 5.69 Å². The van der Waals surface area contributed by atoms with Gasteiger partial charge in [0.25, 0.3) is 0 Å². The lowest BCUT2D eigenvalue weighted by molar-refractivity contribution is 0.605. The van der Waals surface area contributed by atoms with Gasteiger partial charge in [-0.25, -0.2) is 15.0 Å². The van der Waals surface area contributed by atoms with Crippen LogP contribution in [-0.4, -0.2) is 19.9 Å². The van der Waals surface area contributed by atoms with Gasteiger partial charge in [0, 0.05) is 28.1 Å². The fourth-order valence-corrected chi connectivity index (χ4v) is 8.05. The largest absolute Gasteiger partial charge is 0.254 e. The number of unbranched alkanes of at least 4 members (excludes halogenated alkanes) is 10. The van der Waals surface area contributed by atoms with Crippen LogP contribution in [0.5, 0.6) is 0 Å². The summed E-state index contributed by atoms with van der Waals surface area (Å²) in [4.78, 5) is 20.6. The highest BCUT2D eigenvalue weighted by Gasteiger charge is 2.17. The molecule has 0 radical (unpaired) electrons. The molecule has 0 bridgehead atoms. The summed E-state index contributed by atoms with van der Waals surface area (Å²) in [6.07, 6.45) is 23.7. The molecule has 0 unspecified atom stereocenters. The Hall–Kier alpha value is -5.48. The highest BCUT2D eigenvalue weighted by atomic mass is 14.9. The molecule has 0 aliphatic carbocycles. The minimum Gasteiger partial charge on any atom is -0.254 e. The SMILES string of the molecule is CCCCCCCCc1cc(-c2cc(-c3ccc(/C=C/c4ccc(C)cc4)cc3)nc(-c3ccc4ccc5cccnc5c4n3)n2)c(CCCCCCCC)cc1C. The molecule has 0 amide bonds. The second-order valence-electron chi connectivity index (χ2n) is 16.2. The first-order valence-corrected chi connectivity index (χ1v) is 22.0. The van der Waals surface area contributed by atoms with E-state index < -0.39 is 0 Å². The van der Waals surface area contributed by atoms with Crippen molar-refractivity contribution in [3.63, 3.8) is 0 Å². The number of pyridine rings is 2. The van der Waals surface area contributed by atoms with E-state index in [0.29, 0.717) is 5.82 Å². The first kappa shape index (κ1) is 40.7. The maximum absolute atomic E-state index is 5.40. The van der Waals surface area contributed by atoms with E-state index >= 15 is 0 Å². The van der Waals surface area contributed by atoms with Crippen molar-refractivity contribution in [1.82, 2.24) is 19.9 Å². The van der Waals surface area contributed by atoms with Crippen molar-refractivity contribution < 1.29 is 0 Å². The summed E-state index contributed by atoms with van der Waals surface area (Å²) in [6.45, 7) is 9.01. The first-order chi connectivity index (χ1) is 28.5. The Balaban J connectivity index is 1.30. The lowest BCUT2D eigenvalue weighted by Crippen LogP contribution is -2.02. The average molecular weight is 765 g/mol. The summed E-state index contributed by atoms with van der Waals surface area (Å²) in [7, 11) is 0. The van der Waals surface area contributed by atoms with E-state index in [1.54, 1.807) is 0 Å². The van der Waals surface area contributed by atoms with Gasteiger partial charge >= 0.3 is 0 Å². The monoisotopic (exact) mass is 764 g/mol. The van der Waals surface area contributed by atoms with Crippen molar-refractivity contribution in [2.45, 2.75) is 118 Å². The predicted octanol–water partition coefficient (Wildman–Crippen LogP) is 15.2. The third kappa shape index (κ3) is 10.5. The highest BCUT2D eigenvalue weighted by Crippen LogP contribution is 2.34. The van der Waals surface area contributed by atoms with E-state index in [1.807, 2.05) is 12.3 Å². The molecule has 7 aromatic rings. The Morgan fingerprint density at radius 2 is 1.07 bits per heavy atom. The van der Waals surface area contributed by atoms with Crippen molar-refractivity contribution in [3.05, 3.63) is 143 Å². The molecule has 0 fully saturated rings. The molecule has 0 aliphatic heterocycles. The molecule has 3 aromatic heterocycles. The van der Waals surface area contributed by atoms with Gasteiger partial charge in [0.05, 0.1) is 22.4 Å². The fraction of sp³-hybridized carbons (Fsp3) is 0.333. The summed E-state index contributed by atoms with van der Waals surface area (Å²) >= 11 is 0. The zero-order valence-corrected chi connectivity index (χ0v) is 35.2. The van der Waals surface area contributed by atoms with Crippen LogP contribution in [0.4, 0.5) is 0 Å². The number of aromatic nitrogens is 4. The standard InChI is InChI=1S/C54H60N4/c1-5-7-9-11-13-15-18-46-37-48(47(36-40(46)4)19-16-14-12-10-8-6-2)51-38-50(43-29-27-42(28-30-43)26-25-41-23-21-39(3)22-24-41)57-54(58-51)49-34-33-45-32-31-44-20-17-35-55-52(44)53(45)56-49/h17,20-38H,5-16,18-19H2,1-4H3/b26-25+. The van der Waals surface area contributed by atoms with Gasteiger partial charge < -0.3 is 0 Å². The van der Waals surface area contributed by atoms with E-state index in [-0.39, 0.29) is 0 Å². The van der Waals surface area contributed by atoms with Crippen LogP contribution in [-0.2, 0) is 12.8 Å². The van der Waals surface area contributed by atoms with Gasteiger partial charge in [-0.2, -0.15) is 0 Å². The second-order valence-corrected chi connectivity index (χ2v) is 16.2. The summed E-state index contributed by atoms with van der Waals surface area (Å²) in [5.41, 5.74) is 14.5. The zero-order valence-electron chi connectivity index (χ0n) is 35.2. The van der Waals surface area contributed by atoms with Gasteiger partial charge in [-0.1, -0.05) is 175 Å². The molecule has 0 atom stereocenters. The topological polar surface area (TPSA) is 51.6 Å². The Morgan fingerprint density at radius 3 is 1.76 bits per heavy atom. The molecule has 7 rings (SSSR count). The third-order valence-corrected chi connectivity index (χ3v) is 11.6. The summed E-state index contributed by atoms with van der Waals surface area (Å²) in [5.74, 6) is 0.634. The molecule has 0 saturated heterocycles. The minimum absolute atomic E-state index is 0.634. The smallest absolute Gasteiger partial charge is 0.179 e. The van der Waals surface area contributed by atoms with Crippen LogP contribution in [0, 0.1) is 13.8 Å². The quantitative estimate of drug-likeness (QED) is 0.0467. The van der Waals surface area contributed by atoms with Gasteiger partial charge in [-0.05, 0) is 91.6 Å². The molecular formula is C54H60N4. The molecule has 58 heavy (non-hydrogen) atoms. The van der Waals surface area contributed by atoms with Crippen molar-refractivity contribution in [2.75, 3.05) is 0 Å². The van der Waals surface area contributed by atoms with Gasteiger partial charge in [-0.3, -0.25) is 4.98 Å². The lowest BCUT2D eigenvalue weighted by Gasteiger charge is -2.17. The van der Waals surface area contributed by atoms with Crippen molar-refractivity contribution >= 4 is 34.0 Å².